The molecule has 206 valence electrons. The Morgan fingerprint density at radius 3 is 2.07 bits per heavy atom. The molecular formula is C34H31N3O4. The van der Waals surface area contributed by atoms with Crippen LogP contribution >= 0.6 is 0 Å². The maximum absolute atomic E-state index is 13.6. The van der Waals surface area contributed by atoms with Gasteiger partial charge in [-0.25, -0.2) is 0 Å². The molecule has 2 amide bonds. The zero-order chi connectivity index (χ0) is 27.8. The maximum atomic E-state index is 13.6. The molecule has 3 aliphatic heterocycles. The predicted molar refractivity (Wildman–Crippen MR) is 157 cm³/mol. The second-order valence-electron chi connectivity index (χ2n) is 10.7. The zero-order valence-corrected chi connectivity index (χ0v) is 22.7. The van der Waals surface area contributed by atoms with E-state index in [4.69, 9.17) is 9.47 Å². The first-order valence-electron chi connectivity index (χ1n) is 14.1. The third-order valence-electron chi connectivity index (χ3n) is 8.31. The summed E-state index contributed by atoms with van der Waals surface area (Å²) in [7, 11) is 0. The molecule has 0 radical (unpaired) electrons. The van der Waals surface area contributed by atoms with E-state index in [9.17, 15) is 9.59 Å². The van der Waals surface area contributed by atoms with Crippen molar-refractivity contribution in [2.75, 3.05) is 44.4 Å². The van der Waals surface area contributed by atoms with Gasteiger partial charge in [0.25, 0.3) is 11.8 Å². The van der Waals surface area contributed by atoms with Gasteiger partial charge in [-0.1, -0.05) is 72.8 Å². The van der Waals surface area contributed by atoms with Crippen LogP contribution in [0.15, 0.2) is 97.1 Å². The van der Waals surface area contributed by atoms with Crippen LogP contribution in [0.4, 0.5) is 5.69 Å². The van der Waals surface area contributed by atoms with Crippen molar-refractivity contribution in [2.24, 2.45) is 0 Å². The number of imide groups is 1. The number of piperazine rings is 1. The van der Waals surface area contributed by atoms with Gasteiger partial charge < -0.3 is 14.4 Å². The number of nitrogens with zero attached hydrogens (tertiary/aromatic N) is 3. The van der Waals surface area contributed by atoms with E-state index in [1.807, 2.05) is 30.3 Å². The van der Waals surface area contributed by atoms with E-state index >= 15 is 0 Å². The largest absolute Gasteiger partial charge is 0.454 e. The highest BCUT2D eigenvalue weighted by atomic mass is 16.7. The van der Waals surface area contributed by atoms with Crippen molar-refractivity contribution in [3.63, 3.8) is 0 Å². The Bertz CT molecular complexity index is 1540. The van der Waals surface area contributed by atoms with E-state index in [2.05, 4.69) is 70.5 Å². The Labute approximate surface area is 239 Å². The number of hydrogen-bond acceptors (Lipinski definition) is 6. The first-order valence-corrected chi connectivity index (χ1v) is 14.1. The molecular weight excluding hydrogens is 514 g/mol. The van der Waals surface area contributed by atoms with Gasteiger partial charge >= 0.3 is 0 Å². The molecule has 3 heterocycles. The highest BCUT2D eigenvalue weighted by Crippen LogP contribution is 2.36. The molecule has 0 unspecified atom stereocenters. The van der Waals surface area contributed by atoms with Gasteiger partial charge in [0.15, 0.2) is 11.5 Å². The van der Waals surface area contributed by atoms with Gasteiger partial charge in [0.2, 0.25) is 6.79 Å². The summed E-state index contributed by atoms with van der Waals surface area (Å²) in [5, 5.41) is 0. The number of anilines is 1. The average Bonchev–Trinajstić information content (AvgIpc) is 3.59. The first kappa shape index (κ1) is 25.4. The summed E-state index contributed by atoms with van der Waals surface area (Å²) in [6, 6.07) is 32.5. The predicted octanol–water partition coefficient (Wildman–Crippen LogP) is 5.17. The molecule has 4 aromatic rings. The lowest BCUT2D eigenvalue weighted by molar-refractivity contribution is 0.0642. The van der Waals surface area contributed by atoms with Crippen molar-refractivity contribution >= 4 is 17.5 Å². The molecule has 7 heteroatoms. The minimum absolute atomic E-state index is 0.182. The topological polar surface area (TPSA) is 62.3 Å². The molecule has 0 atom stereocenters. The van der Waals surface area contributed by atoms with Crippen LogP contribution in [-0.2, 0) is 6.54 Å². The number of carbonyl (C=O) groups is 2. The van der Waals surface area contributed by atoms with Gasteiger partial charge in [0.1, 0.15) is 0 Å². The fourth-order valence-corrected chi connectivity index (χ4v) is 6.15. The Hall–Kier alpha value is -4.62. The molecule has 1 saturated heterocycles. The number of amides is 2. The van der Waals surface area contributed by atoms with Crippen molar-refractivity contribution < 1.29 is 19.1 Å². The molecule has 0 spiro atoms. The third-order valence-corrected chi connectivity index (χ3v) is 8.31. The van der Waals surface area contributed by atoms with E-state index in [0.29, 0.717) is 22.6 Å². The van der Waals surface area contributed by atoms with Crippen molar-refractivity contribution in [3.05, 3.63) is 125 Å². The molecule has 7 rings (SSSR count). The van der Waals surface area contributed by atoms with Crippen molar-refractivity contribution in [1.29, 1.82) is 0 Å². The highest BCUT2D eigenvalue weighted by molar-refractivity contribution is 6.23. The lowest BCUT2D eigenvalue weighted by Crippen LogP contribution is -2.48. The van der Waals surface area contributed by atoms with Crippen LogP contribution in [0.1, 0.15) is 43.3 Å². The monoisotopic (exact) mass is 545 g/mol. The second-order valence-corrected chi connectivity index (χ2v) is 10.7. The van der Waals surface area contributed by atoms with Gasteiger partial charge in [0.05, 0.1) is 23.4 Å². The minimum atomic E-state index is -0.253. The molecule has 3 aliphatic rings. The average molecular weight is 546 g/mol. The third kappa shape index (κ3) is 4.83. The van der Waals surface area contributed by atoms with Gasteiger partial charge in [-0.2, -0.15) is 0 Å². The van der Waals surface area contributed by atoms with Crippen LogP contribution in [0.5, 0.6) is 11.5 Å². The molecule has 0 bridgehead atoms. The normalized spacial score (nSPS) is 16.5. The van der Waals surface area contributed by atoms with Crippen LogP contribution in [0.3, 0.4) is 0 Å². The summed E-state index contributed by atoms with van der Waals surface area (Å²) in [6.07, 6.45) is 0. The van der Waals surface area contributed by atoms with Crippen LogP contribution < -0.4 is 14.4 Å². The lowest BCUT2D eigenvalue weighted by atomic mass is 9.90. The van der Waals surface area contributed by atoms with Crippen LogP contribution in [0.2, 0.25) is 0 Å². The fourth-order valence-electron chi connectivity index (χ4n) is 6.15. The molecule has 7 nitrogen and oxygen atoms in total. The summed E-state index contributed by atoms with van der Waals surface area (Å²) in [4.78, 5) is 33.1. The van der Waals surface area contributed by atoms with Gasteiger partial charge in [-0.15, -0.1) is 0 Å². The maximum Gasteiger partial charge on any atom is 0.263 e. The summed E-state index contributed by atoms with van der Waals surface area (Å²) >= 11 is 0. The summed E-state index contributed by atoms with van der Waals surface area (Å²) < 4.78 is 10.9. The summed E-state index contributed by atoms with van der Waals surface area (Å²) in [5.41, 5.74) is 5.28. The van der Waals surface area contributed by atoms with Gasteiger partial charge in [0, 0.05) is 38.6 Å². The molecule has 41 heavy (non-hydrogen) atoms. The summed E-state index contributed by atoms with van der Waals surface area (Å²) in [6.45, 7) is 4.63. The van der Waals surface area contributed by atoms with E-state index in [1.54, 1.807) is 6.07 Å². The van der Waals surface area contributed by atoms with Gasteiger partial charge in [-0.05, 0) is 41.0 Å². The molecule has 0 aliphatic carbocycles. The summed E-state index contributed by atoms with van der Waals surface area (Å²) in [5.74, 6) is 1.11. The SMILES string of the molecule is O=C1c2cccc(N3CCN(CC(c4ccccc4)c4ccccc4)CC3)c2C(=O)N1Cc1ccc2c(c1)OCO2. The van der Waals surface area contributed by atoms with Crippen LogP contribution in [0.25, 0.3) is 0 Å². The molecule has 4 aromatic carbocycles. The molecule has 0 saturated carbocycles. The van der Waals surface area contributed by atoms with E-state index < -0.39 is 0 Å². The zero-order valence-electron chi connectivity index (χ0n) is 22.7. The Morgan fingerprint density at radius 1 is 0.683 bits per heavy atom. The number of benzene rings is 4. The number of ether oxygens (including phenoxy) is 2. The second kappa shape index (κ2) is 10.7. The lowest BCUT2D eigenvalue weighted by Gasteiger charge is -2.38. The van der Waals surface area contributed by atoms with Crippen molar-refractivity contribution in [1.82, 2.24) is 9.80 Å². The number of rotatable bonds is 7. The Morgan fingerprint density at radius 2 is 1.37 bits per heavy atom. The van der Waals surface area contributed by atoms with E-state index in [0.717, 1.165) is 44.0 Å². The molecule has 0 aromatic heterocycles. The van der Waals surface area contributed by atoms with E-state index in [-0.39, 0.29) is 31.1 Å². The van der Waals surface area contributed by atoms with Crippen LogP contribution in [0, 0.1) is 0 Å². The molecule has 1 fully saturated rings. The van der Waals surface area contributed by atoms with Crippen molar-refractivity contribution in [2.45, 2.75) is 12.5 Å². The number of hydrogen-bond donors (Lipinski definition) is 0. The smallest absolute Gasteiger partial charge is 0.263 e. The van der Waals surface area contributed by atoms with Crippen molar-refractivity contribution in [3.8, 4) is 11.5 Å². The fraction of sp³-hybridized carbons (Fsp3) is 0.235. The van der Waals surface area contributed by atoms with Crippen LogP contribution in [-0.4, -0.2) is 61.1 Å². The number of carbonyl (C=O) groups excluding carboxylic acids is 2. The highest BCUT2D eigenvalue weighted by Gasteiger charge is 2.39. The first-order chi connectivity index (χ1) is 20.2. The standard InChI is InChI=1S/C34H31N3O4/c38-33-27-12-7-13-29(32(27)34(39)37(33)21-24-14-15-30-31(20-24)41-23-40-30)36-18-16-35(17-19-36)22-28(25-8-3-1-4-9-25)26-10-5-2-6-11-26/h1-15,20,28H,16-19,21-23H2. The Kier molecular flexibility index (Phi) is 6.65. The Balaban J connectivity index is 1.06. The quantitative estimate of drug-likeness (QED) is 0.299. The van der Waals surface area contributed by atoms with Gasteiger partial charge in [-0.3, -0.25) is 19.4 Å². The number of fused-ring (bicyclic) bond motifs is 2. The minimum Gasteiger partial charge on any atom is -0.454 e. The van der Waals surface area contributed by atoms with E-state index in [1.165, 1.54) is 16.0 Å². The molecule has 0 N–H and O–H groups in total.